The molecule has 0 heterocycles. The zero-order chi connectivity index (χ0) is 14.5. The fraction of sp³-hybridized carbons (Fsp3) is 0.250. The van der Waals surface area contributed by atoms with E-state index in [1.807, 2.05) is 31.2 Å². The Hall–Kier alpha value is -2.07. The molecule has 20 heavy (non-hydrogen) atoms. The van der Waals surface area contributed by atoms with Crippen LogP contribution in [0.2, 0.25) is 0 Å². The number of methoxy groups -OCH3 is 1. The summed E-state index contributed by atoms with van der Waals surface area (Å²) < 4.78 is 24.1. The van der Waals surface area contributed by atoms with Gasteiger partial charge in [0.1, 0.15) is 12.4 Å². The molecule has 0 saturated heterocycles. The molecule has 2 rings (SSSR count). The van der Waals surface area contributed by atoms with Gasteiger partial charge in [0.2, 0.25) is 0 Å². The van der Waals surface area contributed by atoms with Crippen molar-refractivity contribution in [3.8, 4) is 11.5 Å². The third kappa shape index (κ3) is 3.48. The van der Waals surface area contributed by atoms with E-state index in [0.717, 1.165) is 16.9 Å². The quantitative estimate of drug-likeness (QED) is 0.911. The van der Waals surface area contributed by atoms with E-state index in [1.54, 1.807) is 19.2 Å². The predicted molar refractivity (Wildman–Crippen MR) is 76.6 cm³/mol. The van der Waals surface area contributed by atoms with Crippen LogP contribution in [0.4, 0.5) is 4.39 Å². The standard InChI is InChI=1S/C16H18FNO2/c1-11-3-8-14(17)16(9-11)20-10-15(18)12-4-6-13(19-2)7-5-12/h3-9,15H,10,18H2,1-2H3. The minimum atomic E-state index is -0.377. The second-order valence-electron chi connectivity index (χ2n) is 4.62. The van der Waals surface area contributed by atoms with Gasteiger partial charge in [0.05, 0.1) is 13.2 Å². The van der Waals surface area contributed by atoms with Crippen LogP contribution in [-0.2, 0) is 0 Å². The molecule has 0 radical (unpaired) electrons. The lowest BCUT2D eigenvalue weighted by molar-refractivity contribution is 0.277. The molecule has 1 atom stereocenters. The molecular formula is C16H18FNO2. The molecule has 0 aromatic heterocycles. The van der Waals surface area contributed by atoms with Crippen molar-refractivity contribution < 1.29 is 13.9 Å². The number of hydrogen-bond acceptors (Lipinski definition) is 3. The topological polar surface area (TPSA) is 44.5 Å². The van der Waals surface area contributed by atoms with Crippen molar-refractivity contribution in [3.05, 3.63) is 59.4 Å². The lowest BCUT2D eigenvalue weighted by Gasteiger charge is -2.14. The summed E-state index contributed by atoms with van der Waals surface area (Å²) in [4.78, 5) is 0. The number of ether oxygens (including phenoxy) is 2. The fourth-order valence-electron chi connectivity index (χ4n) is 1.85. The molecule has 0 aliphatic carbocycles. The van der Waals surface area contributed by atoms with Gasteiger partial charge in [-0.1, -0.05) is 18.2 Å². The molecule has 0 aliphatic rings. The zero-order valence-electron chi connectivity index (χ0n) is 11.6. The SMILES string of the molecule is COc1ccc(C(N)COc2cc(C)ccc2F)cc1. The summed E-state index contributed by atoms with van der Waals surface area (Å²) in [5.41, 5.74) is 7.89. The van der Waals surface area contributed by atoms with Crippen molar-refractivity contribution in [2.45, 2.75) is 13.0 Å². The van der Waals surface area contributed by atoms with Crippen LogP contribution in [0, 0.1) is 12.7 Å². The highest BCUT2D eigenvalue weighted by Gasteiger charge is 2.09. The van der Waals surface area contributed by atoms with Gasteiger partial charge in [0.25, 0.3) is 0 Å². The Balaban J connectivity index is 2.00. The third-order valence-electron chi connectivity index (χ3n) is 3.05. The first kappa shape index (κ1) is 14.3. The Labute approximate surface area is 118 Å². The predicted octanol–water partition coefficient (Wildman–Crippen LogP) is 3.22. The molecule has 0 bridgehead atoms. The average molecular weight is 275 g/mol. The number of hydrogen-bond donors (Lipinski definition) is 1. The van der Waals surface area contributed by atoms with E-state index in [2.05, 4.69) is 0 Å². The molecule has 0 aliphatic heterocycles. The molecule has 2 aromatic carbocycles. The minimum absolute atomic E-state index is 0.215. The first-order chi connectivity index (χ1) is 9.60. The summed E-state index contributed by atoms with van der Waals surface area (Å²) in [5, 5.41) is 0. The molecule has 0 spiro atoms. The van der Waals surface area contributed by atoms with Gasteiger partial charge in [-0.25, -0.2) is 4.39 Å². The maximum Gasteiger partial charge on any atom is 0.165 e. The summed E-state index contributed by atoms with van der Waals surface area (Å²) in [5.74, 6) is 0.623. The maximum absolute atomic E-state index is 13.5. The number of rotatable bonds is 5. The van der Waals surface area contributed by atoms with E-state index >= 15 is 0 Å². The average Bonchev–Trinajstić information content (AvgIpc) is 2.48. The van der Waals surface area contributed by atoms with Crippen LogP contribution < -0.4 is 15.2 Å². The van der Waals surface area contributed by atoms with Crippen LogP contribution in [0.1, 0.15) is 17.2 Å². The Morgan fingerprint density at radius 2 is 1.85 bits per heavy atom. The normalized spacial score (nSPS) is 12.0. The van der Waals surface area contributed by atoms with Crippen molar-refractivity contribution in [3.63, 3.8) is 0 Å². The molecule has 1 unspecified atom stereocenters. The molecule has 4 heteroatoms. The lowest BCUT2D eigenvalue weighted by Crippen LogP contribution is -2.19. The van der Waals surface area contributed by atoms with Gasteiger partial charge in [-0.3, -0.25) is 0 Å². The number of aryl methyl sites for hydroxylation is 1. The smallest absolute Gasteiger partial charge is 0.165 e. The molecule has 106 valence electrons. The van der Waals surface area contributed by atoms with Crippen molar-refractivity contribution in [1.82, 2.24) is 0 Å². The summed E-state index contributed by atoms with van der Waals surface area (Å²) in [7, 11) is 1.61. The van der Waals surface area contributed by atoms with Gasteiger partial charge in [-0.2, -0.15) is 0 Å². The highest BCUT2D eigenvalue weighted by atomic mass is 19.1. The molecule has 0 amide bonds. The van der Waals surface area contributed by atoms with Crippen LogP contribution in [0.25, 0.3) is 0 Å². The second kappa shape index (κ2) is 6.39. The molecular weight excluding hydrogens is 257 g/mol. The highest BCUT2D eigenvalue weighted by molar-refractivity contribution is 5.31. The van der Waals surface area contributed by atoms with Gasteiger partial charge in [0.15, 0.2) is 11.6 Å². The van der Waals surface area contributed by atoms with Gasteiger partial charge in [-0.05, 0) is 42.3 Å². The van der Waals surface area contributed by atoms with Crippen LogP contribution in [0.15, 0.2) is 42.5 Å². The van der Waals surface area contributed by atoms with E-state index in [9.17, 15) is 4.39 Å². The Morgan fingerprint density at radius 1 is 1.15 bits per heavy atom. The second-order valence-corrected chi connectivity index (χ2v) is 4.62. The Bertz CT molecular complexity index is 569. The number of halogens is 1. The van der Waals surface area contributed by atoms with E-state index in [1.165, 1.54) is 6.07 Å². The number of nitrogens with two attached hydrogens (primary N) is 1. The molecule has 3 nitrogen and oxygen atoms in total. The zero-order valence-corrected chi connectivity index (χ0v) is 11.6. The van der Waals surface area contributed by atoms with Crippen molar-refractivity contribution in [1.29, 1.82) is 0 Å². The van der Waals surface area contributed by atoms with Crippen molar-refractivity contribution in [2.75, 3.05) is 13.7 Å². The van der Waals surface area contributed by atoms with Gasteiger partial charge in [0, 0.05) is 0 Å². The van der Waals surface area contributed by atoms with Crippen LogP contribution in [0.3, 0.4) is 0 Å². The van der Waals surface area contributed by atoms with E-state index in [-0.39, 0.29) is 24.2 Å². The van der Waals surface area contributed by atoms with E-state index < -0.39 is 0 Å². The third-order valence-corrected chi connectivity index (χ3v) is 3.05. The molecule has 0 saturated carbocycles. The maximum atomic E-state index is 13.5. The van der Waals surface area contributed by atoms with E-state index in [0.29, 0.717) is 0 Å². The number of benzene rings is 2. The minimum Gasteiger partial charge on any atom is -0.497 e. The van der Waals surface area contributed by atoms with E-state index in [4.69, 9.17) is 15.2 Å². The Kier molecular flexibility index (Phi) is 4.58. The van der Waals surface area contributed by atoms with Crippen LogP contribution in [-0.4, -0.2) is 13.7 Å². The molecule has 2 aromatic rings. The van der Waals surface area contributed by atoms with Crippen LogP contribution >= 0.6 is 0 Å². The van der Waals surface area contributed by atoms with Gasteiger partial charge >= 0.3 is 0 Å². The van der Waals surface area contributed by atoms with Crippen molar-refractivity contribution in [2.24, 2.45) is 5.73 Å². The fourth-order valence-corrected chi connectivity index (χ4v) is 1.85. The van der Waals surface area contributed by atoms with Crippen LogP contribution in [0.5, 0.6) is 11.5 Å². The van der Waals surface area contributed by atoms with Gasteiger partial charge in [-0.15, -0.1) is 0 Å². The summed E-state index contributed by atoms with van der Waals surface area (Å²) >= 11 is 0. The summed E-state index contributed by atoms with van der Waals surface area (Å²) in [6, 6.07) is 11.9. The first-order valence-electron chi connectivity index (χ1n) is 6.38. The largest absolute Gasteiger partial charge is 0.497 e. The summed E-state index contributed by atoms with van der Waals surface area (Å²) in [6.07, 6.45) is 0. The Morgan fingerprint density at radius 3 is 2.50 bits per heavy atom. The van der Waals surface area contributed by atoms with Crippen molar-refractivity contribution >= 4 is 0 Å². The first-order valence-corrected chi connectivity index (χ1v) is 6.38. The monoisotopic (exact) mass is 275 g/mol. The summed E-state index contributed by atoms with van der Waals surface area (Å²) in [6.45, 7) is 2.10. The lowest BCUT2D eigenvalue weighted by atomic mass is 10.1. The highest BCUT2D eigenvalue weighted by Crippen LogP contribution is 2.21. The molecule has 0 fully saturated rings. The molecule has 2 N–H and O–H groups in total. The van der Waals surface area contributed by atoms with Gasteiger partial charge < -0.3 is 15.2 Å².